The van der Waals surface area contributed by atoms with Crippen molar-refractivity contribution in [1.82, 2.24) is 5.23 Å². The molecule has 170 valence electrons. The van der Waals surface area contributed by atoms with E-state index in [1.54, 1.807) is 0 Å². The fourth-order valence-electron chi connectivity index (χ4n) is 3.00. The molecule has 0 bridgehead atoms. The summed E-state index contributed by atoms with van der Waals surface area (Å²) in [5, 5.41) is 1.36. The predicted octanol–water partition coefficient (Wildman–Crippen LogP) is 5.51. The zero-order valence-corrected chi connectivity index (χ0v) is 18.8. The highest BCUT2D eigenvalue weighted by atomic mass is 17.0. The van der Waals surface area contributed by atoms with Crippen LogP contribution < -0.4 is 14.4 Å². The Morgan fingerprint density at radius 2 is 1.19 bits per heavy atom. The first kappa shape index (κ1) is 23.6. The lowest BCUT2D eigenvalue weighted by Crippen LogP contribution is -2.59. The lowest BCUT2D eigenvalue weighted by Gasteiger charge is -2.41. The molecule has 0 saturated carbocycles. The van der Waals surface area contributed by atoms with Gasteiger partial charge in [-0.3, -0.25) is 0 Å². The van der Waals surface area contributed by atoms with Gasteiger partial charge in [0.1, 0.15) is 18.5 Å². The molecule has 3 aromatic rings. The van der Waals surface area contributed by atoms with Crippen molar-refractivity contribution in [3.05, 3.63) is 91.0 Å². The summed E-state index contributed by atoms with van der Waals surface area (Å²) in [6.45, 7) is 6.93. The van der Waals surface area contributed by atoms with Gasteiger partial charge in [0.05, 0.1) is 11.8 Å². The molecule has 0 fully saturated rings. The smallest absolute Gasteiger partial charge is 0.216 e. The molecular formula is C26H31NO5. The van der Waals surface area contributed by atoms with Gasteiger partial charge in [-0.25, -0.2) is 0 Å². The zero-order valence-electron chi connectivity index (χ0n) is 18.8. The molecule has 0 aromatic heterocycles. The van der Waals surface area contributed by atoms with Gasteiger partial charge in [-0.15, -0.1) is 0 Å². The van der Waals surface area contributed by atoms with Crippen LogP contribution in [0.15, 0.2) is 91.0 Å². The Morgan fingerprint density at radius 1 is 0.719 bits per heavy atom. The van der Waals surface area contributed by atoms with E-state index < -0.39 is 5.72 Å². The van der Waals surface area contributed by atoms with Gasteiger partial charge >= 0.3 is 0 Å². The molecule has 0 aliphatic carbocycles. The molecule has 2 atom stereocenters. The van der Waals surface area contributed by atoms with Gasteiger partial charge in [-0.1, -0.05) is 54.6 Å². The summed E-state index contributed by atoms with van der Waals surface area (Å²) >= 11 is 0. The third kappa shape index (κ3) is 6.72. The molecule has 0 spiro atoms. The van der Waals surface area contributed by atoms with Crippen LogP contribution in [0.25, 0.3) is 0 Å². The minimum atomic E-state index is -1.08. The number of rotatable bonds is 13. The van der Waals surface area contributed by atoms with E-state index in [1.165, 1.54) is 5.23 Å². The molecule has 0 N–H and O–H groups in total. The second-order valence-corrected chi connectivity index (χ2v) is 7.23. The van der Waals surface area contributed by atoms with Crippen molar-refractivity contribution < 1.29 is 23.9 Å². The van der Waals surface area contributed by atoms with E-state index >= 15 is 0 Å². The second kappa shape index (κ2) is 12.1. The van der Waals surface area contributed by atoms with Crippen molar-refractivity contribution in [3.63, 3.8) is 0 Å². The Hall–Kier alpha value is -3.06. The van der Waals surface area contributed by atoms with E-state index in [0.717, 1.165) is 5.75 Å². The number of benzene rings is 3. The normalized spacial score (nSPS) is 13.9. The maximum atomic E-state index is 6.30. The molecule has 6 heteroatoms. The van der Waals surface area contributed by atoms with Crippen LogP contribution in [0.3, 0.4) is 0 Å². The standard InChI is InChI=1S/C26H31NO5/c1-4-28-22(2)26(3,30-21-20-29-23-14-8-5-9-15-23)27(31-24-16-10-6-11-17-24)32-25-18-12-7-13-19-25/h5-19,22H,4,20-21H2,1-3H3. The SMILES string of the molecule is CCOC(C)C(C)(OCCOc1ccccc1)N(Oc1ccccc1)Oc1ccccc1. The Morgan fingerprint density at radius 3 is 1.66 bits per heavy atom. The van der Waals surface area contributed by atoms with Crippen molar-refractivity contribution in [3.8, 4) is 17.2 Å². The first-order valence-electron chi connectivity index (χ1n) is 10.8. The Bertz CT molecular complexity index is 852. The van der Waals surface area contributed by atoms with Gasteiger partial charge in [0.15, 0.2) is 11.5 Å². The van der Waals surface area contributed by atoms with E-state index in [0.29, 0.717) is 31.3 Å². The average Bonchev–Trinajstić information content (AvgIpc) is 2.83. The summed E-state index contributed by atoms with van der Waals surface area (Å²) in [5.74, 6) is 2.01. The number of para-hydroxylation sites is 3. The topological polar surface area (TPSA) is 49.4 Å². The van der Waals surface area contributed by atoms with Crippen LogP contribution in [-0.2, 0) is 9.47 Å². The van der Waals surface area contributed by atoms with Crippen molar-refractivity contribution in [2.24, 2.45) is 0 Å². The molecule has 3 aromatic carbocycles. The van der Waals surface area contributed by atoms with Crippen LogP contribution in [-0.4, -0.2) is 36.9 Å². The van der Waals surface area contributed by atoms with E-state index in [2.05, 4.69) is 0 Å². The predicted molar refractivity (Wildman–Crippen MR) is 123 cm³/mol. The fraction of sp³-hybridized carbons (Fsp3) is 0.308. The Labute approximate surface area is 190 Å². The molecule has 0 aliphatic rings. The van der Waals surface area contributed by atoms with Gasteiger partial charge in [-0.05, 0) is 57.2 Å². The molecule has 3 rings (SSSR count). The fourth-order valence-corrected chi connectivity index (χ4v) is 3.00. The van der Waals surface area contributed by atoms with Gasteiger partial charge in [0.25, 0.3) is 0 Å². The number of hydrogen-bond donors (Lipinski definition) is 0. The van der Waals surface area contributed by atoms with E-state index in [1.807, 2.05) is 112 Å². The molecule has 0 radical (unpaired) electrons. The molecule has 0 amide bonds. The van der Waals surface area contributed by atoms with Crippen LogP contribution in [0, 0.1) is 0 Å². The summed E-state index contributed by atoms with van der Waals surface area (Å²) < 4.78 is 18.0. The molecule has 32 heavy (non-hydrogen) atoms. The lowest BCUT2D eigenvalue weighted by molar-refractivity contribution is -0.400. The molecule has 2 unspecified atom stereocenters. The molecule has 0 heterocycles. The monoisotopic (exact) mass is 437 g/mol. The number of ether oxygens (including phenoxy) is 3. The maximum absolute atomic E-state index is 6.30. The highest BCUT2D eigenvalue weighted by Gasteiger charge is 2.44. The van der Waals surface area contributed by atoms with Gasteiger partial charge < -0.3 is 23.9 Å². The zero-order chi connectivity index (χ0) is 22.7. The molecule has 6 nitrogen and oxygen atoms in total. The summed E-state index contributed by atoms with van der Waals surface area (Å²) in [5.41, 5.74) is -1.08. The van der Waals surface area contributed by atoms with Crippen molar-refractivity contribution in [2.45, 2.75) is 32.6 Å². The van der Waals surface area contributed by atoms with Crippen LogP contribution in [0.2, 0.25) is 0 Å². The minimum Gasteiger partial charge on any atom is -0.491 e. The van der Waals surface area contributed by atoms with E-state index in [-0.39, 0.29) is 6.10 Å². The summed E-state index contributed by atoms with van der Waals surface area (Å²) in [6.07, 6.45) is -0.378. The third-order valence-electron chi connectivity index (χ3n) is 4.89. The van der Waals surface area contributed by atoms with Crippen LogP contribution in [0.5, 0.6) is 17.2 Å². The highest BCUT2D eigenvalue weighted by Crippen LogP contribution is 2.28. The highest BCUT2D eigenvalue weighted by molar-refractivity contribution is 5.22. The first-order valence-corrected chi connectivity index (χ1v) is 10.8. The number of hydrogen-bond acceptors (Lipinski definition) is 6. The minimum absolute atomic E-state index is 0.301. The summed E-state index contributed by atoms with van der Waals surface area (Å²) in [7, 11) is 0. The Balaban J connectivity index is 1.78. The van der Waals surface area contributed by atoms with E-state index in [4.69, 9.17) is 23.9 Å². The molecule has 0 saturated heterocycles. The van der Waals surface area contributed by atoms with Crippen molar-refractivity contribution in [1.29, 1.82) is 0 Å². The molecule has 0 aliphatic heterocycles. The van der Waals surface area contributed by atoms with Crippen LogP contribution in [0.1, 0.15) is 20.8 Å². The van der Waals surface area contributed by atoms with E-state index in [9.17, 15) is 0 Å². The Kier molecular flexibility index (Phi) is 8.92. The van der Waals surface area contributed by atoms with Gasteiger partial charge in [-0.2, -0.15) is 0 Å². The number of nitrogens with zero attached hydrogens (tertiary/aromatic N) is 1. The van der Waals surface area contributed by atoms with Crippen LogP contribution >= 0.6 is 0 Å². The second-order valence-electron chi connectivity index (χ2n) is 7.23. The van der Waals surface area contributed by atoms with Crippen molar-refractivity contribution in [2.75, 3.05) is 19.8 Å². The van der Waals surface area contributed by atoms with Gasteiger partial charge in [0, 0.05) is 6.61 Å². The summed E-state index contributed by atoms with van der Waals surface area (Å²) in [4.78, 5) is 12.3. The molecular weight excluding hydrogens is 406 g/mol. The third-order valence-corrected chi connectivity index (χ3v) is 4.89. The largest absolute Gasteiger partial charge is 0.491 e. The van der Waals surface area contributed by atoms with Gasteiger partial charge in [0.2, 0.25) is 5.72 Å². The quantitative estimate of drug-likeness (QED) is 0.200. The first-order chi connectivity index (χ1) is 15.6. The maximum Gasteiger partial charge on any atom is 0.216 e. The van der Waals surface area contributed by atoms with Crippen molar-refractivity contribution >= 4 is 0 Å². The lowest BCUT2D eigenvalue weighted by atomic mass is 10.1. The summed E-state index contributed by atoms with van der Waals surface area (Å²) in [6, 6.07) is 28.5. The van der Waals surface area contributed by atoms with Crippen LogP contribution in [0.4, 0.5) is 0 Å². The average molecular weight is 438 g/mol. The number of hydroxylamine groups is 2.